The minimum Gasteiger partial charge on any atom is -0.376 e. The number of nitrogens with one attached hydrogen (secondary N) is 2. The number of ketones is 1. The smallest absolute Gasteiger partial charge is 0.344 e. The summed E-state index contributed by atoms with van der Waals surface area (Å²) in [5.41, 5.74) is 0.613. The second-order valence-electron chi connectivity index (χ2n) is 6.41. The molecule has 0 radical (unpaired) electrons. The molecule has 2 aromatic rings. The van der Waals surface area contributed by atoms with Crippen LogP contribution in [0.5, 0.6) is 0 Å². The van der Waals surface area contributed by atoms with Crippen molar-refractivity contribution in [1.82, 2.24) is 14.8 Å². The van der Waals surface area contributed by atoms with Crippen LogP contribution in [0.3, 0.4) is 0 Å². The summed E-state index contributed by atoms with van der Waals surface area (Å²) in [6.07, 6.45) is 1.87. The molecular formula is C18H22N4O4S. The molecule has 1 aliphatic rings. The van der Waals surface area contributed by atoms with E-state index >= 15 is 0 Å². The Balaban J connectivity index is 1.69. The highest BCUT2D eigenvalue weighted by Gasteiger charge is 2.23. The average molecular weight is 390 g/mol. The van der Waals surface area contributed by atoms with Crippen LogP contribution in [0.4, 0.5) is 5.69 Å². The van der Waals surface area contributed by atoms with Gasteiger partial charge in [0.05, 0.1) is 23.6 Å². The van der Waals surface area contributed by atoms with Gasteiger partial charge in [0, 0.05) is 12.2 Å². The average Bonchev–Trinajstić information content (AvgIpc) is 3.27. The van der Waals surface area contributed by atoms with E-state index < -0.39 is 5.25 Å². The van der Waals surface area contributed by atoms with Crippen molar-refractivity contribution in [1.29, 1.82) is 0 Å². The summed E-state index contributed by atoms with van der Waals surface area (Å²) in [6, 6.07) is 6.86. The molecule has 1 saturated heterocycles. The first-order valence-corrected chi connectivity index (χ1v) is 9.68. The predicted octanol–water partition coefficient (Wildman–Crippen LogP) is 2.07. The van der Waals surface area contributed by atoms with Gasteiger partial charge in [0.2, 0.25) is 5.91 Å². The lowest BCUT2D eigenvalue weighted by molar-refractivity contribution is -0.115. The van der Waals surface area contributed by atoms with Gasteiger partial charge in [-0.25, -0.2) is 9.89 Å². The number of aromatic nitrogens is 3. The van der Waals surface area contributed by atoms with Gasteiger partial charge in [-0.15, -0.1) is 5.10 Å². The van der Waals surface area contributed by atoms with Gasteiger partial charge in [-0.05, 0) is 38.8 Å². The van der Waals surface area contributed by atoms with Gasteiger partial charge in [-0.1, -0.05) is 23.9 Å². The van der Waals surface area contributed by atoms with Crippen LogP contribution in [0.25, 0.3) is 0 Å². The van der Waals surface area contributed by atoms with Crippen LogP contribution in [0, 0.1) is 0 Å². The van der Waals surface area contributed by atoms with Crippen molar-refractivity contribution in [3.8, 4) is 0 Å². The minimum absolute atomic E-state index is 0.00812. The molecule has 1 aromatic carbocycles. The molecule has 0 aliphatic carbocycles. The van der Waals surface area contributed by atoms with Crippen LogP contribution in [-0.4, -0.2) is 44.4 Å². The molecule has 1 aromatic heterocycles. The maximum absolute atomic E-state index is 12.6. The van der Waals surface area contributed by atoms with Crippen molar-refractivity contribution >= 4 is 29.1 Å². The molecule has 3 rings (SSSR count). The number of carbonyl (C=O) groups is 2. The van der Waals surface area contributed by atoms with Gasteiger partial charge in [0.1, 0.15) is 0 Å². The largest absolute Gasteiger partial charge is 0.376 e. The summed E-state index contributed by atoms with van der Waals surface area (Å²) >= 11 is 1.18. The Labute approximate surface area is 160 Å². The topological polar surface area (TPSA) is 106 Å². The number of para-hydroxylation sites is 1. The Kier molecular flexibility index (Phi) is 6.12. The summed E-state index contributed by atoms with van der Waals surface area (Å²) in [7, 11) is 0. The van der Waals surface area contributed by atoms with Crippen molar-refractivity contribution in [2.75, 3.05) is 11.9 Å². The van der Waals surface area contributed by atoms with Gasteiger partial charge < -0.3 is 10.1 Å². The number of hydrogen-bond donors (Lipinski definition) is 2. The Morgan fingerprint density at radius 3 is 2.93 bits per heavy atom. The van der Waals surface area contributed by atoms with E-state index in [2.05, 4.69) is 15.5 Å². The maximum Gasteiger partial charge on any atom is 0.344 e. The van der Waals surface area contributed by atoms with E-state index in [0.717, 1.165) is 12.8 Å². The molecule has 2 N–H and O–H groups in total. The predicted molar refractivity (Wildman–Crippen MR) is 102 cm³/mol. The number of anilines is 1. The molecule has 0 bridgehead atoms. The maximum atomic E-state index is 12.6. The zero-order valence-corrected chi connectivity index (χ0v) is 16.0. The molecule has 1 aliphatic heterocycles. The third-order valence-electron chi connectivity index (χ3n) is 4.35. The molecule has 9 heteroatoms. The first-order valence-electron chi connectivity index (χ1n) is 8.80. The third-order valence-corrected chi connectivity index (χ3v) is 5.44. The molecule has 0 spiro atoms. The van der Waals surface area contributed by atoms with Crippen LogP contribution in [0.2, 0.25) is 0 Å². The number of Topliss-reactive ketones (excluding diaryl/α,β-unsaturated/α-hetero) is 1. The fourth-order valence-electron chi connectivity index (χ4n) is 2.89. The first kappa shape index (κ1) is 19.4. The number of H-pyrrole nitrogens is 1. The normalized spacial score (nSPS) is 17.6. The number of benzene rings is 1. The van der Waals surface area contributed by atoms with Gasteiger partial charge >= 0.3 is 5.69 Å². The first-order chi connectivity index (χ1) is 13.0. The molecule has 144 valence electrons. The fourth-order valence-corrected chi connectivity index (χ4v) is 3.76. The fraction of sp³-hybridized carbons (Fsp3) is 0.444. The van der Waals surface area contributed by atoms with E-state index in [0.29, 0.717) is 29.6 Å². The highest BCUT2D eigenvalue weighted by Crippen LogP contribution is 2.24. The van der Waals surface area contributed by atoms with Crippen LogP contribution in [0.1, 0.15) is 37.0 Å². The monoisotopic (exact) mass is 390 g/mol. The zero-order chi connectivity index (χ0) is 19.4. The van der Waals surface area contributed by atoms with E-state index in [1.54, 1.807) is 31.2 Å². The Hall–Kier alpha value is -2.39. The number of aromatic amines is 1. The number of hydrogen-bond acceptors (Lipinski definition) is 6. The Morgan fingerprint density at radius 1 is 1.44 bits per heavy atom. The standard InChI is InChI=1S/C18H22N4O4S/c1-11(23)14-7-3-4-8-15(14)19-16(24)12(2)27-18-21-20-17(25)22(18)10-13-6-5-9-26-13/h3-4,7-8,12-13H,5-6,9-10H2,1-2H3,(H,19,24)(H,20,25)/t12-,13+/m1/s1. The SMILES string of the molecule is CC(=O)c1ccccc1NC(=O)[C@@H](C)Sc1n[nH]c(=O)n1C[C@@H]1CCCO1. The molecular weight excluding hydrogens is 368 g/mol. The third kappa shape index (κ3) is 4.67. The van der Waals surface area contributed by atoms with E-state index in [1.807, 2.05) is 0 Å². The zero-order valence-electron chi connectivity index (χ0n) is 15.2. The molecule has 27 heavy (non-hydrogen) atoms. The van der Waals surface area contributed by atoms with Crippen molar-refractivity contribution in [3.63, 3.8) is 0 Å². The van der Waals surface area contributed by atoms with Crippen LogP contribution in [0.15, 0.2) is 34.2 Å². The van der Waals surface area contributed by atoms with Crippen molar-refractivity contribution in [2.24, 2.45) is 0 Å². The Morgan fingerprint density at radius 2 is 2.22 bits per heavy atom. The number of thioether (sulfide) groups is 1. The number of nitrogens with zero attached hydrogens (tertiary/aromatic N) is 2. The second-order valence-corrected chi connectivity index (χ2v) is 7.72. The number of rotatable bonds is 7. The minimum atomic E-state index is -0.511. The van der Waals surface area contributed by atoms with Gasteiger partial charge in [0.15, 0.2) is 10.9 Å². The lowest BCUT2D eigenvalue weighted by atomic mass is 10.1. The van der Waals surface area contributed by atoms with Crippen LogP contribution >= 0.6 is 11.8 Å². The molecule has 0 unspecified atom stereocenters. The lowest BCUT2D eigenvalue weighted by Crippen LogP contribution is -2.27. The quantitative estimate of drug-likeness (QED) is 0.554. The van der Waals surface area contributed by atoms with E-state index in [9.17, 15) is 14.4 Å². The molecule has 0 saturated carbocycles. The summed E-state index contributed by atoms with van der Waals surface area (Å²) in [5, 5.41) is 9.18. The lowest BCUT2D eigenvalue weighted by Gasteiger charge is -2.15. The molecule has 2 heterocycles. The highest BCUT2D eigenvalue weighted by atomic mass is 32.2. The highest BCUT2D eigenvalue weighted by molar-refractivity contribution is 8.00. The summed E-state index contributed by atoms with van der Waals surface area (Å²) in [6.45, 7) is 4.30. The van der Waals surface area contributed by atoms with Crippen LogP contribution in [-0.2, 0) is 16.1 Å². The van der Waals surface area contributed by atoms with Crippen LogP contribution < -0.4 is 11.0 Å². The molecule has 1 amide bonds. The number of amides is 1. The second kappa shape index (κ2) is 8.53. The van der Waals surface area contributed by atoms with E-state index in [-0.39, 0.29) is 23.5 Å². The van der Waals surface area contributed by atoms with E-state index in [4.69, 9.17) is 4.74 Å². The van der Waals surface area contributed by atoms with Crippen molar-refractivity contribution in [2.45, 2.75) is 49.7 Å². The molecule has 2 atom stereocenters. The van der Waals surface area contributed by atoms with Crippen molar-refractivity contribution < 1.29 is 14.3 Å². The summed E-state index contributed by atoms with van der Waals surface area (Å²) in [4.78, 5) is 36.3. The summed E-state index contributed by atoms with van der Waals surface area (Å²) in [5.74, 6) is -0.392. The molecule has 1 fully saturated rings. The van der Waals surface area contributed by atoms with Gasteiger partial charge in [0.25, 0.3) is 0 Å². The van der Waals surface area contributed by atoms with Gasteiger partial charge in [-0.2, -0.15) is 0 Å². The molecule has 8 nitrogen and oxygen atoms in total. The Bertz CT molecular complexity index is 885. The number of carbonyl (C=O) groups excluding carboxylic acids is 2. The van der Waals surface area contributed by atoms with E-state index in [1.165, 1.54) is 23.3 Å². The summed E-state index contributed by atoms with van der Waals surface area (Å²) < 4.78 is 7.09. The van der Waals surface area contributed by atoms with Gasteiger partial charge in [-0.3, -0.25) is 14.2 Å². The number of ether oxygens (including phenoxy) is 1. The van der Waals surface area contributed by atoms with Crippen molar-refractivity contribution in [3.05, 3.63) is 40.3 Å².